The van der Waals surface area contributed by atoms with E-state index >= 15 is 0 Å². The second-order valence-electron chi connectivity index (χ2n) is 6.07. The zero-order valence-corrected chi connectivity index (χ0v) is 14.0. The molecular weight excluding hydrogens is 310 g/mol. The number of amides is 1. The first kappa shape index (κ1) is 16.1. The molecule has 5 nitrogen and oxygen atoms in total. The maximum atomic E-state index is 12.2. The van der Waals surface area contributed by atoms with E-state index in [1.165, 1.54) is 0 Å². The highest BCUT2D eigenvalue weighted by molar-refractivity contribution is 7.98. The normalized spacial score (nSPS) is 15.9. The fourth-order valence-electron chi connectivity index (χ4n) is 2.55. The quantitative estimate of drug-likeness (QED) is 0.798. The lowest BCUT2D eigenvalue weighted by atomic mass is 9.80. The minimum atomic E-state index is -0.693. The van der Waals surface area contributed by atoms with Gasteiger partial charge in [0.15, 0.2) is 5.16 Å². The molecular formula is C17H21N3O2S. The Labute approximate surface area is 140 Å². The zero-order chi connectivity index (χ0) is 16.3. The molecule has 2 N–H and O–H groups in total. The van der Waals surface area contributed by atoms with Gasteiger partial charge < -0.3 is 15.0 Å². The molecule has 1 heterocycles. The smallest absolute Gasteiger partial charge is 0.251 e. The number of thioether (sulfide) groups is 1. The number of nitrogens with one attached hydrogen (secondary N) is 1. The molecule has 0 spiro atoms. The summed E-state index contributed by atoms with van der Waals surface area (Å²) in [5.41, 5.74) is 1.01. The van der Waals surface area contributed by atoms with Crippen molar-refractivity contribution in [3.8, 4) is 0 Å². The summed E-state index contributed by atoms with van der Waals surface area (Å²) in [5, 5.41) is 13.8. The molecule has 122 valence electrons. The van der Waals surface area contributed by atoms with Crippen molar-refractivity contribution in [1.82, 2.24) is 14.9 Å². The summed E-state index contributed by atoms with van der Waals surface area (Å²) in [5.74, 6) is 0.629. The third kappa shape index (κ3) is 3.95. The Kier molecular flexibility index (Phi) is 4.73. The SMILES string of the molecule is Cn1ccnc1SCc1cccc(C(=O)NCC2(O)CCC2)c1. The molecule has 0 bridgehead atoms. The van der Waals surface area contributed by atoms with E-state index < -0.39 is 5.60 Å². The molecule has 1 aromatic carbocycles. The van der Waals surface area contributed by atoms with Gasteiger partial charge in [-0.15, -0.1) is 0 Å². The van der Waals surface area contributed by atoms with Crippen LogP contribution < -0.4 is 5.32 Å². The first-order valence-electron chi connectivity index (χ1n) is 7.75. The van der Waals surface area contributed by atoms with Crippen LogP contribution >= 0.6 is 11.8 Å². The van der Waals surface area contributed by atoms with E-state index in [4.69, 9.17) is 0 Å². The van der Waals surface area contributed by atoms with E-state index in [1.807, 2.05) is 36.0 Å². The van der Waals surface area contributed by atoms with Crippen LogP contribution in [0.5, 0.6) is 0 Å². The van der Waals surface area contributed by atoms with Crippen molar-refractivity contribution in [2.24, 2.45) is 7.05 Å². The van der Waals surface area contributed by atoms with Crippen LogP contribution in [0.1, 0.15) is 35.2 Å². The van der Waals surface area contributed by atoms with Crippen molar-refractivity contribution in [3.05, 3.63) is 47.8 Å². The standard InChI is InChI=1S/C17H21N3O2S/c1-20-9-8-18-16(20)23-11-13-4-2-5-14(10-13)15(21)19-12-17(22)6-3-7-17/h2,4-5,8-10,22H,3,6-7,11-12H2,1H3,(H,19,21). The summed E-state index contributed by atoms with van der Waals surface area (Å²) >= 11 is 1.64. The van der Waals surface area contributed by atoms with Crippen LogP contribution in [0.2, 0.25) is 0 Å². The Morgan fingerprint density at radius 1 is 1.48 bits per heavy atom. The molecule has 1 saturated carbocycles. The van der Waals surface area contributed by atoms with Crippen molar-refractivity contribution < 1.29 is 9.90 Å². The van der Waals surface area contributed by atoms with Crippen LogP contribution in [0.4, 0.5) is 0 Å². The number of carbonyl (C=O) groups excluding carboxylic acids is 1. The number of aromatic nitrogens is 2. The van der Waals surface area contributed by atoms with E-state index in [0.29, 0.717) is 12.1 Å². The second kappa shape index (κ2) is 6.76. The number of aryl methyl sites for hydroxylation is 1. The molecule has 0 saturated heterocycles. The summed E-state index contributed by atoms with van der Waals surface area (Å²) in [6.45, 7) is 0.331. The van der Waals surface area contributed by atoms with E-state index in [1.54, 1.807) is 24.0 Å². The van der Waals surface area contributed by atoms with Gasteiger partial charge in [0, 0.05) is 37.3 Å². The lowest BCUT2D eigenvalue weighted by molar-refractivity contribution is -0.0300. The van der Waals surface area contributed by atoms with Crippen molar-refractivity contribution in [2.75, 3.05) is 6.54 Å². The van der Waals surface area contributed by atoms with E-state index in [2.05, 4.69) is 10.3 Å². The number of imidazole rings is 1. The molecule has 1 fully saturated rings. The minimum Gasteiger partial charge on any atom is -0.388 e. The van der Waals surface area contributed by atoms with Crippen LogP contribution in [-0.2, 0) is 12.8 Å². The molecule has 1 aliphatic carbocycles. The van der Waals surface area contributed by atoms with E-state index in [9.17, 15) is 9.90 Å². The van der Waals surface area contributed by atoms with Gasteiger partial charge in [-0.1, -0.05) is 23.9 Å². The molecule has 6 heteroatoms. The van der Waals surface area contributed by atoms with Crippen LogP contribution in [0.25, 0.3) is 0 Å². The highest BCUT2D eigenvalue weighted by Crippen LogP contribution is 2.30. The number of rotatable bonds is 6. The Morgan fingerprint density at radius 3 is 2.96 bits per heavy atom. The number of nitrogens with zero attached hydrogens (tertiary/aromatic N) is 2. The minimum absolute atomic E-state index is 0.130. The molecule has 0 unspecified atom stereocenters. The molecule has 1 aromatic heterocycles. The predicted molar refractivity (Wildman–Crippen MR) is 90.3 cm³/mol. The van der Waals surface area contributed by atoms with Gasteiger partial charge in [-0.25, -0.2) is 4.98 Å². The lowest BCUT2D eigenvalue weighted by Crippen LogP contribution is -2.47. The van der Waals surface area contributed by atoms with Crippen molar-refractivity contribution in [1.29, 1.82) is 0 Å². The molecule has 0 aliphatic heterocycles. The van der Waals surface area contributed by atoms with Gasteiger partial charge in [-0.05, 0) is 37.0 Å². The van der Waals surface area contributed by atoms with Gasteiger partial charge in [0.05, 0.1) is 5.60 Å². The zero-order valence-electron chi connectivity index (χ0n) is 13.2. The van der Waals surface area contributed by atoms with Crippen LogP contribution in [0.15, 0.2) is 41.8 Å². The molecule has 2 aromatic rings. The number of benzene rings is 1. The van der Waals surface area contributed by atoms with Crippen LogP contribution in [0.3, 0.4) is 0 Å². The van der Waals surface area contributed by atoms with E-state index in [0.717, 1.165) is 35.7 Å². The molecule has 1 amide bonds. The van der Waals surface area contributed by atoms with Gasteiger partial charge in [0.25, 0.3) is 5.91 Å². The molecule has 0 atom stereocenters. The van der Waals surface area contributed by atoms with Gasteiger partial charge in [0.1, 0.15) is 0 Å². The van der Waals surface area contributed by atoms with Gasteiger partial charge in [-0.3, -0.25) is 4.79 Å². The van der Waals surface area contributed by atoms with Crippen LogP contribution in [-0.4, -0.2) is 32.7 Å². The summed E-state index contributed by atoms with van der Waals surface area (Å²) in [6, 6.07) is 7.60. The summed E-state index contributed by atoms with van der Waals surface area (Å²) in [6.07, 6.45) is 6.27. The van der Waals surface area contributed by atoms with Gasteiger partial charge in [0.2, 0.25) is 0 Å². The van der Waals surface area contributed by atoms with E-state index in [-0.39, 0.29) is 5.91 Å². The largest absolute Gasteiger partial charge is 0.388 e. The predicted octanol–water partition coefficient (Wildman–Crippen LogP) is 2.36. The maximum absolute atomic E-state index is 12.2. The van der Waals surface area contributed by atoms with Crippen LogP contribution in [0, 0.1) is 0 Å². The Morgan fingerprint density at radius 2 is 2.30 bits per heavy atom. The van der Waals surface area contributed by atoms with Gasteiger partial charge in [-0.2, -0.15) is 0 Å². The fraction of sp³-hybridized carbons (Fsp3) is 0.412. The third-order valence-electron chi connectivity index (χ3n) is 4.20. The molecule has 3 rings (SSSR count). The number of carbonyl (C=O) groups is 1. The highest BCUT2D eigenvalue weighted by Gasteiger charge is 2.34. The number of hydrogen-bond donors (Lipinski definition) is 2. The summed E-state index contributed by atoms with van der Waals surface area (Å²) < 4.78 is 1.97. The molecule has 0 radical (unpaired) electrons. The molecule has 1 aliphatic rings. The average Bonchev–Trinajstić information content (AvgIpc) is 2.94. The van der Waals surface area contributed by atoms with Crippen molar-refractivity contribution in [2.45, 2.75) is 35.8 Å². The Balaban J connectivity index is 1.58. The topological polar surface area (TPSA) is 67.2 Å². The maximum Gasteiger partial charge on any atom is 0.251 e. The summed E-state index contributed by atoms with van der Waals surface area (Å²) in [4.78, 5) is 16.5. The lowest BCUT2D eigenvalue weighted by Gasteiger charge is -2.36. The van der Waals surface area contributed by atoms with Crippen molar-refractivity contribution >= 4 is 17.7 Å². The second-order valence-corrected chi connectivity index (χ2v) is 7.01. The number of hydrogen-bond acceptors (Lipinski definition) is 4. The van der Waals surface area contributed by atoms with Crippen molar-refractivity contribution in [3.63, 3.8) is 0 Å². The molecule has 23 heavy (non-hydrogen) atoms. The summed E-state index contributed by atoms with van der Waals surface area (Å²) in [7, 11) is 1.96. The first-order chi connectivity index (χ1) is 11.1. The highest BCUT2D eigenvalue weighted by atomic mass is 32.2. The number of aliphatic hydroxyl groups is 1. The Bertz CT molecular complexity index is 695. The third-order valence-corrected chi connectivity index (χ3v) is 5.33. The monoisotopic (exact) mass is 331 g/mol. The fourth-order valence-corrected chi connectivity index (χ4v) is 3.42. The average molecular weight is 331 g/mol. The Hall–Kier alpha value is -1.79. The van der Waals surface area contributed by atoms with Gasteiger partial charge >= 0.3 is 0 Å². The first-order valence-corrected chi connectivity index (χ1v) is 8.74.